The molecule has 0 aliphatic rings. The van der Waals surface area contributed by atoms with Gasteiger partial charge in [-0.3, -0.25) is 4.79 Å². The Morgan fingerprint density at radius 2 is 2.39 bits per heavy atom. The van der Waals surface area contributed by atoms with E-state index in [2.05, 4.69) is 15.6 Å². The van der Waals surface area contributed by atoms with Crippen LogP contribution >= 0.6 is 0 Å². The number of aromatic nitrogens is 2. The molecule has 1 aromatic rings. The number of ether oxygens (including phenoxy) is 1. The third kappa shape index (κ3) is 5.79. The van der Waals surface area contributed by atoms with Crippen LogP contribution < -0.4 is 10.6 Å². The predicted molar refractivity (Wildman–Crippen MR) is 69.1 cm³/mol. The summed E-state index contributed by atoms with van der Waals surface area (Å²) in [5, 5.41) is 5.99. The second-order valence-electron chi connectivity index (χ2n) is 3.98. The van der Waals surface area contributed by atoms with Crippen LogP contribution in [0, 0.1) is 0 Å². The van der Waals surface area contributed by atoms with Gasteiger partial charge in [-0.1, -0.05) is 0 Å². The molecule has 0 radical (unpaired) electrons. The Morgan fingerprint density at radius 3 is 3.11 bits per heavy atom. The minimum absolute atomic E-state index is 0.0750. The van der Waals surface area contributed by atoms with Crippen molar-refractivity contribution in [2.24, 2.45) is 0 Å². The lowest BCUT2D eigenvalue weighted by molar-refractivity contribution is -0.121. The molecule has 0 atom stereocenters. The highest BCUT2D eigenvalue weighted by atomic mass is 16.5. The molecule has 0 spiro atoms. The van der Waals surface area contributed by atoms with Crippen molar-refractivity contribution in [3.63, 3.8) is 0 Å². The van der Waals surface area contributed by atoms with E-state index >= 15 is 0 Å². The smallest absolute Gasteiger partial charge is 0.221 e. The molecule has 1 heterocycles. The van der Waals surface area contributed by atoms with Crippen LogP contribution in [0.25, 0.3) is 0 Å². The maximum absolute atomic E-state index is 11.3. The highest BCUT2D eigenvalue weighted by molar-refractivity contribution is 5.75. The van der Waals surface area contributed by atoms with Gasteiger partial charge in [-0.25, -0.2) is 4.98 Å². The van der Waals surface area contributed by atoms with Gasteiger partial charge in [-0.15, -0.1) is 0 Å². The molecule has 0 saturated carbocycles. The predicted octanol–water partition coefficient (Wildman–Crippen LogP) is 0.145. The third-order valence-electron chi connectivity index (χ3n) is 2.45. The number of imidazole rings is 1. The molecular weight excluding hydrogens is 232 g/mol. The highest BCUT2D eigenvalue weighted by Crippen LogP contribution is 1.97. The van der Waals surface area contributed by atoms with Crippen LogP contribution in [-0.2, 0) is 22.6 Å². The molecule has 0 saturated heterocycles. The fourth-order valence-electron chi connectivity index (χ4n) is 1.53. The van der Waals surface area contributed by atoms with E-state index in [9.17, 15) is 4.79 Å². The lowest BCUT2D eigenvalue weighted by Crippen LogP contribution is -2.23. The molecule has 0 fully saturated rings. The number of nitrogens with zero attached hydrogens (tertiary/aromatic N) is 2. The van der Waals surface area contributed by atoms with Crippen molar-refractivity contribution in [1.82, 2.24) is 20.2 Å². The van der Waals surface area contributed by atoms with Gasteiger partial charge in [-0.05, 0) is 6.92 Å². The first-order chi connectivity index (χ1) is 8.76. The van der Waals surface area contributed by atoms with Gasteiger partial charge in [0.15, 0.2) is 0 Å². The van der Waals surface area contributed by atoms with Crippen molar-refractivity contribution < 1.29 is 9.53 Å². The van der Waals surface area contributed by atoms with Crippen LogP contribution in [0.15, 0.2) is 12.5 Å². The Balaban J connectivity index is 2.23. The van der Waals surface area contributed by atoms with Gasteiger partial charge < -0.3 is 19.9 Å². The summed E-state index contributed by atoms with van der Waals surface area (Å²) < 4.78 is 6.87. The topological polar surface area (TPSA) is 68.2 Å². The molecule has 6 heteroatoms. The van der Waals surface area contributed by atoms with Gasteiger partial charge in [0.05, 0.1) is 18.6 Å². The van der Waals surface area contributed by atoms with E-state index in [1.807, 2.05) is 17.7 Å². The maximum Gasteiger partial charge on any atom is 0.221 e. The van der Waals surface area contributed by atoms with Crippen LogP contribution in [0.4, 0.5) is 0 Å². The molecule has 0 bridgehead atoms. The molecule has 0 unspecified atom stereocenters. The average Bonchev–Trinajstić information content (AvgIpc) is 2.81. The summed E-state index contributed by atoms with van der Waals surface area (Å²) >= 11 is 0. The lowest BCUT2D eigenvalue weighted by Gasteiger charge is -2.03. The number of amides is 1. The Kier molecular flexibility index (Phi) is 7.05. The standard InChI is InChI=1S/C12H22N4O2/c1-3-14-12(17)4-6-16-9-11(15-10-16)8-13-5-7-18-2/h9-10,13H,3-8H2,1-2H3,(H,14,17). The maximum atomic E-state index is 11.3. The zero-order chi connectivity index (χ0) is 13.2. The minimum atomic E-state index is 0.0750. The number of aryl methyl sites for hydroxylation is 1. The molecule has 0 aliphatic heterocycles. The molecule has 2 N–H and O–H groups in total. The number of rotatable bonds is 9. The van der Waals surface area contributed by atoms with Crippen molar-refractivity contribution in [3.05, 3.63) is 18.2 Å². The molecule has 18 heavy (non-hydrogen) atoms. The zero-order valence-corrected chi connectivity index (χ0v) is 11.1. The number of carbonyl (C=O) groups excluding carboxylic acids is 1. The molecule has 102 valence electrons. The fourth-order valence-corrected chi connectivity index (χ4v) is 1.53. The Morgan fingerprint density at radius 1 is 1.56 bits per heavy atom. The quantitative estimate of drug-likeness (QED) is 0.615. The fraction of sp³-hybridized carbons (Fsp3) is 0.667. The zero-order valence-electron chi connectivity index (χ0n) is 11.1. The molecule has 0 aromatic carbocycles. The summed E-state index contributed by atoms with van der Waals surface area (Å²) in [6.07, 6.45) is 4.20. The normalized spacial score (nSPS) is 10.6. The van der Waals surface area contributed by atoms with Gasteiger partial charge >= 0.3 is 0 Å². The Bertz CT molecular complexity index is 352. The van der Waals surface area contributed by atoms with E-state index in [4.69, 9.17) is 4.74 Å². The molecule has 0 aliphatic carbocycles. The van der Waals surface area contributed by atoms with E-state index in [0.29, 0.717) is 26.1 Å². The van der Waals surface area contributed by atoms with Crippen molar-refractivity contribution in [2.45, 2.75) is 26.4 Å². The third-order valence-corrected chi connectivity index (χ3v) is 2.45. The summed E-state index contributed by atoms with van der Waals surface area (Å²) in [7, 11) is 1.68. The van der Waals surface area contributed by atoms with E-state index in [1.54, 1.807) is 13.4 Å². The van der Waals surface area contributed by atoms with Crippen molar-refractivity contribution in [3.8, 4) is 0 Å². The van der Waals surface area contributed by atoms with E-state index in [0.717, 1.165) is 18.8 Å². The monoisotopic (exact) mass is 254 g/mol. The van der Waals surface area contributed by atoms with Crippen molar-refractivity contribution in [2.75, 3.05) is 26.8 Å². The number of hydrogen-bond acceptors (Lipinski definition) is 4. The number of carbonyl (C=O) groups is 1. The van der Waals surface area contributed by atoms with Gasteiger partial charge in [0, 0.05) is 45.9 Å². The van der Waals surface area contributed by atoms with E-state index in [1.165, 1.54) is 0 Å². The SMILES string of the molecule is CCNC(=O)CCn1cnc(CNCCOC)c1. The van der Waals surface area contributed by atoms with Crippen molar-refractivity contribution in [1.29, 1.82) is 0 Å². The van der Waals surface area contributed by atoms with Crippen LogP contribution in [0.5, 0.6) is 0 Å². The summed E-state index contributed by atoms with van der Waals surface area (Å²) in [5.41, 5.74) is 0.974. The molecule has 1 rings (SSSR count). The first-order valence-corrected chi connectivity index (χ1v) is 6.23. The van der Waals surface area contributed by atoms with E-state index < -0.39 is 0 Å². The van der Waals surface area contributed by atoms with Gasteiger partial charge in [-0.2, -0.15) is 0 Å². The first kappa shape index (κ1) is 14.7. The highest BCUT2D eigenvalue weighted by Gasteiger charge is 2.02. The van der Waals surface area contributed by atoms with Gasteiger partial charge in [0.1, 0.15) is 0 Å². The number of nitrogens with one attached hydrogen (secondary N) is 2. The molecule has 1 amide bonds. The number of hydrogen-bond donors (Lipinski definition) is 2. The summed E-state index contributed by atoms with van der Waals surface area (Å²) in [6, 6.07) is 0. The Hall–Kier alpha value is -1.40. The van der Waals surface area contributed by atoms with Crippen LogP contribution in [0.2, 0.25) is 0 Å². The largest absolute Gasteiger partial charge is 0.383 e. The van der Waals surface area contributed by atoms with Crippen molar-refractivity contribution >= 4 is 5.91 Å². The van der Waals surface area contributed by atoms with Gasteiger partial charge in [0.2, 0.25) is 5.91 Å². The summed E-state index contributed by atoms with van der Waals surface area (Å²) in [6.45, 7) is 5.48. The molecule has 1 aromatic heterocycles. The lowest BCUT2D eigenvalue weighted by atomic mass is 10.4. The van der Waals surface area contributed by atoms with E-state index in [-0.39, 0.29) is 5.91 Å². The van der Waals surface area contributed by atoms with Gasteiger partial charge in [0.25, 0.3) is 0 Å². The summed E-state index contributed by atoms with van der Waals surface area (Å²) in [5.74, 6) is 0.0750. The molecular formula is C12H22N4O2. The second-order valence-corrected chi connectivity index (χ2v) is 3.98. The molecule has 6 nitrogen and oxygen atoms in total. The van der Waals surface area contributed by atoms with Crippen LogP contribution in [0.3, 0.4) is 0 Å². The first-order valence-electron chi connectivity index (χ1n) is 6.23. The minimum Gasteiger partial charge on any atom is -0.383 e. The summed E-state index contributed by atoms with van der Waals surface area (Å²) in [4.78, 5) is 15.6. The second kappa shape index (κ2) is 8.66. The Labute approximate surface area is 108 Å². The number of methoxy groups -OCH3 is 1. The average molecular weight is 254 g/mol. The van der Waals surface area contributed by atoms with Crippen LogP contribution in [-0.4, -0.2) is 42.3 Å². The van der Waals surface area contributed by atoms with Crippen LogP contribution in [0.1, 0.15) is 19.0 Å².